The molecule has 0 aliphatic carbocycles. The molecule has 0 bridgehead atoms. The van der Waals surface area contributed by atoms with E-state index in [2.05, 4.69) is 51.0 Å². The number of alkyl carbamates (subject to hydrolysis) is 1. The third-order valence-corrected chi connectivity index (χ3v) is 9.24. The third-order valence-electron chi connectivity index (χ3n) is 7.54. The lowest BCUT2D eigenvalue weighted by Crippen LogP contribution is -2.70. The average molecular weight is 616 g/mol. The van der Waals surface area contributed by atoms with Crippen molar-refractivity contribution < 1.29 is 29.6 Å². The van der Waals surface area contributed by atoms with Crippen molar-refractivity contribution >= 4 is 20.3 Å². The van der Waals surface area contributed by atoms with Crippen molar-refractivity contribution in [3.8, 4) is 0 Å². The van der Waals surface area contributed by atoms with Crippen molar-refractivity contribution in [2.45, 2.75) is 96.6 Å². The van der Waals surface area contributed by atoms with Crippen LogP contribution in [0.1, 0.15) is 45.2 Å². The summed E-state index contributed by atoms with van der Waals surface area (Å²) in [5, 5.41) is 39.5. The molecule has 2 amide bonds. The lowest BCUT2D eigenvalue weighted by atomic mass is 9.91. The molecule has 240 valence electrons. The van der Waals surface area contributed by atoms with Gasteiger partial charge in [-0.25, -0.2) is 9.59 Å². The molecular weight excluding hydrogens is 562 g/mol. The number of carbonyl (C=O) groups is 2. The van der Waals surface area contributed by atoms with E-state index in [0.29, 0.717) is 18.5 Å². The Morgan fingerprint density at radius 2 is 1.51 bits per heavy atom. The minimum absolute atomic E-state index is 0.0333. The van der Waals surface area contributed by atoms with Gasteiger partial charge in [-0.05, 0) is 48.9 Å². The van der Waals surface area contributed by atoms with E-state index in [0.717, 1.165) is 22.9 Å². The van der Waals surface area contributed by atoms with E-state index in [-0.39, 0.29) is 25.0 Å². The van der Waals surface area contributed by atoms with Crippen LogP contribution < -0.4 is 10.6 Å². The zero-order valence-electron chi connectivity index (χ0n) is 27.0. The van der Waals surface area contributed by atoms with Crippen LogP contribution >= 0.6 is 0 Å². The first-order valence-electron chi connectivity index (χ1n) is 15.2. The monoisotopic (exact) mass is 615 g/mol. The lowest BCUT2D eigenvalue weighted by Gasteiger charge is -2.46. The molecule has 0 radical (unpaired) electrons. The molecule has 2 aromatic rings. The van der Waals surface area contributed by atoms with Gasteiger partial charge >= 0.3 is 12.2 Å². The normalized spacial score (nSPS) is 15.6. The Bertz CT molecular complexity index is 1120. The molecule has 0 saturated heterocycles. The van der Waals surface area contributed by atoms with Gasteiger partial charge in [0.15, 0.2) is 5.66 Å². The summed E-state index contributed by atoms with van der Waals surface area (Å²) in [5.74, 6) is 0. The molecule has 9 nitrogen and oxygen atoms in total. The molecule has 0 fully saturated rings. The van der Waals surface area contributed by atoms with Crippen LogP contribution in [0.25, 0.3) is 0 Å². The zero-order valence-corrected chi connectivity index (χ0v) is 28.0. The van der Waals surface area contributed by atoms with E-state index >= 15 is 0 Å². The standard InChI is InChI=1S/C33H53N3O6Si/c1-25(37)33(23-27-16-12-9-13-17-27,35-30(39)42-20-21-43(5,6)7)36(31(40)41)24-29(38)28(34-19-18-32(2,3)4)22-26-14-10-8-11-15-26/h8-17,25,28-29,34,37-38H,18-24H2,1-7H3,(H,35,39)(H,40,41). The van der Waals surface area contributed by atoms with Crippen LogP contribution in [0, 0.1) is 5.41 Å². The maximum absolute atomic E-state index is 13.1. The number of hydrogen-bond donors (Lipinski definition) is 5. The van der Waals surface area contributed by atoms with Gasteiger partial charge in [0.1, 0.15) is 0 Å². The smallest absolute Gasteiger partial charge is 0.409 e. The second-order valence-corrected chi connectivity index (χ2v) is 19.5. The first kappa shape index (κ1) is 36.3. The molecule has 0 spiro atoms. The third kappa shape index (κ3) is 12.7. The molecule has 43 heavy (non-hydrogen) atoms. The molecule has 2 aromatic carbocycles. The summed E-state index contributed by atoms with van der Waals surface area (Å²) in [7, 11) is -1.49. The van der Waals surface area contributed by atoms with Gasteiger partial charge in [-0.2, -0.15) is 0 Å². The van der Waals surface area contributed by atoms with Gasteiger partial charge in [-0.3, -0.25) is 10.2 Å². The number of aliphatic hydroxyl groups excluding tert-OH is 2. The van der Waals surface area contributed by atoms with E-state index in [4.69, 9.17) is 4.74 Å². The van der Waals surface area contributed by atoms with Gasteiger partial charge in [0, 0.05) is 20.5 Å². The molecule has 0 saturated carbocycles. The molecular formula is C33H53N3O6Si. The predicted molar refractivity (Wildman–Crippen MR) is 174 cm³/mol. The molecule has 2 rings (SSSR count). The number of amides is 2. The Labute approximate surface area is 258 Å². The summed E-state index contributed by atoms with van der Waals surface area (Å²) >= 11 is 0. The Balaban J connectivity index is 2.43. The SMILES string of the molecule is CC(O)C(Cc1ccccc1)(NC(=O)OCC[Si](C)(C)C)N(CC(O)C(Cc1ccccc1)NCCC(C)(C)C)C(=O)O. The number of rotatable bonds is 16. The average Bonchev–Trinajstić information content (AvgIpc) is 2.90. The summed E-state index contributed by atoms with van der Waals surface area (Å²) in [6, 6.07) is 19.0. The highest BCUT2D eigenvalue weighted by Crippen LogP contribution is 2.26. The predicted octanol–water partition coefficient (Wildman–Crippen LogP) is 5.35. The highest BCUT2D eigenvalue weighted by atomic mass is 28.3. The number of nitrogens with zero attached hydrogens (tertiary/aromatic N) is 1. The largest absolute Gasteiger partial charge is 0.465 e. The molecule has 0 aliphatic rings. The molecule has 0 aliphatic heterocycles. The van der Waals surface area contributed by atoms with Gasteiger partial charge in [-0.15, -0.1) is 0 Å². The Morgan fingerprint density at radius 3 is 2.00 bits per heavy atom. The maximum Gasteiger partial charge on any atom is 0.409 e. The molecule has 0 aromatic heterocycles. The highest BCUT2D eigenvalue weighted by molar-refractivity contribution is 6.76. The minimum atomic E-state index is -1.81. The van der Waals surface area contributed by atoms with Crippen LogP contribution in [0.5, 0.6) is 0 Å². The van der Waals surface area contributed by atoms with E-state index < -0.39 is 44.2 Å². The number of aliphatic hydroxyl groups is 2. The van der Waals surface area contributed by atoms with E-state index in [1.165, 1.54) is 6.92 Å². The van der Waals surface area contributed by atoms with Gasteiger partial charge in [0.05, 0.1) is 25.4 Å². The zero-order chi connectivity index (χ0) is 32.3. The minimum Gasteiger partial charge on any atom is -0.465 e. The molecule has 10 heteroatoms. The number of hydrogen-bond acceptors (Lipinski definition) is 6. The van der Waals surface area contributed by atoms with E-state index in [9.17, 15) is 24.9 Å². The van der Waals surface area contributed by atoms with Crippen molar-refractivity contribution in [1.82, 2.24) is 15.5 Å². The summed E-state index contributed by atoms with van der Waals surface area (Å²) in [4.78, 5) is 27.0. The molecule has 4 atom stereocenters. The van der Waals surface area contributed by atoms with Crippen LogP contribution in [0.15, 0.2) is 60.7 Å². The van der Waals surface area contributed by atoms with Crippen LogP contribution in [-0.2, 0) is 17.6 Å². The summed E-state index contributed by atoms with van der Waals surface area (Å²) in [5.41, 5.74) is -0.0469. The quantitative estimate of drug-likeness (QED) is 0.127. The number of nitrogens with one attached hydrogen (secondary N) is 2. The van der Waals surface area contributed by atoms with Crippen LogP contribution in [0.3, 0.4) is 0 Å². The van der Waals surface area contributed by atoms with Gasteiger partial charge in [-0.1, -0.05) is 101 Å². The second kappa shape index (κ2) is 16.2. The Hall–Kier alpha value is -2.92. The van der Waals surface area contributed by atoms with E-state index in [1.54, 1.807) is 12.1 Å². The number of carbonyl (C=O) groups excluding carboxylic acids is 1. The number of carboxylic acid groups (broad SMARTS) is 1. The molecule has 4 unspecified atom stereocenters. The first-order valence-corrected chi connectivity index (χ1v) is 18.9. The summed E-state index contributed by atoms with van der Waals surface area (Å²) in [6.45, 7) is 14.8. The fourth-order valence-electron chi connectivity index (χ4n) is 4.83. The van der Waals surface area contributed by atoms with Gasteiger partial charge in [0.25, 0.3) is 0 Å². The molecule has 5 N–H and O–H groups in total. The topological polar surface area (TPSA) is 131 Å². The van der Waals surface area contributed by atoms with Gasteiger partial charge < -0.3 is 25.4 Å². The number of benzene rings is 2. The van der Waals surface area contributed by atoms with Crippen molar-refractivity contribution in [3.63, 3.8) is 0 Å². The fraction of sp³-hybridized carbons (Fsp3) is 0.576. The Kier molecular flexibility index (Phi) is 13.7. The second-order valence-electron chi connectivity index (χ2n) is 13.9. The van der Waals surface area contributed by atoms with Crippen LogP contribution in [0.4, 0.5) is 9.59 Å². The van der Waals surface area contributed by atoms with Crippen molar-refractivity contribution in [2.75, 3.05) is 19.7 Å². The van der Waals surface area contributed by atoms with Crippen molar-refractivity contribution in [3.05, 3.63) is 71.8 Å². The van der Waals surface area contributed by atoms with Crippen molar-refractivity contribution in [2.24, 2.45) is 5.41 Å². The Morgan fingerprint density at radius 1 is 0.953 bits per heavy atom. The lowest BCUT2D eigenvalue weighted by molar-refractivity contribution is -0.0533. The van der Waals surface area contributed by atoms with Crippen molar-refractivity contribution in [1.29, 1.82) is 0 Å². The maximum atomic E-state index is 13.1. The fourth-order valence-corrected chi connectivity index (χ4v) is 5.54. The summed E-state index contributed by atoms with van der Waals surface area (Å²) in [6.07, 6.45) is -3.42. The molecule has 0 heterocycles. The van der Waals surface area contributed by atoms with Crippen LogP contribution in [-0.4, -0.2) is 84.1 Å². The van der Waals surface area contributed by atoms with Crippen LogP contribution in [0.2, 0.25) is 25.7 Å². The number of ether oxygens (including phenoxy) is 1. The summed E-state index contributed by atoms with van der Waals surface area (Å²) < 4.78 is 5.49. The van der Waals surface area contributed by atoms with Gasteiger partial charge in [0.2, 0.25) is 0 Å². The highest BCUT2D eigenvalue weighted by Gasteiger charge is 2.47. The van der Waals surface area contributed by atoms with E-state index in [1.807, 2.05) is 48.5 Å². The first-order chi connectivity index (χ1) is 20.0.